The minimum absolute atomic E-state index is 0.0680. The number of aryl methyl sites for hydroxylation is 1. The number of nitrogens with one attached hydrogen (secondary N) is 1. The molecule has 1 heterocycles. The quantitative estimate of drug-likeness (QED) is 0.659. The summed E-state index contributed by atoms with van der Waals surface area (Å²) in [6.07, 6.45) is 1.56. The van der Waals surface area contributed by atoms with Crippen LogP contribution < -0.4 is 4.72 Å². The van der Waals surface area contributed by atoms with Gasteiger partial charge in [0, 0.05) is 24.8 Å². The number of nitro benzene ring substituents is 1. The van der Waals surface area contributed by atoms with Crippen molar-refractivity contribution >= 4 is 15.7 Å². The highest BCUT2D eigenvalue weighted by Gasteiger charge is 2.28. The third-order valence-electron chi connectivity index (χ3n) is 3.54. The van der Waals surface area contributed by atoms with Crippen molar-refractivity contribution in [2.45, 2.75) is 43.7 Å². The third kappa shape index (κ3) is 3.58. The highest BCUT2D eigenvalue weighted by Crippen LogP contribution is 2.23. The number of sulfonamides is 1. The predicted molar refractivity (Wildman–Crippen MR) is 76.6 cm³/mol. The van der Waals surface area contributed by atoms with Gasteiger partial charge in [0.15, 0.2) is 0 Å². The summed E-state index contributed by atoms with van der Waals surface area (Å²) in [5.41, 5.74) is 0.221. The molecular weight excluding hydrogens is 296 g/mol. The van der Waals surface area contributed by atoms with E-state index in [4.69, 9.17) is 4.74 Å². The van der Waals surface area contributed by atoms with E-state index in [1.807, 2.05) is 0 Å². The first-order valence-corrected chi connectivity index (χ1v) is 8.18. The molecule has 0 amide bonds. The molecule has 0 spiro atoms. The van der Waals surface area contributed by atoms with Crippen LogP contribution >= 0.6 is 0 Å². The maximum absolute atomic E-state index is 12.4. The SMILES string of the molecule is Cc1ccc([N+](=O)[O-])cc1S(=O)(=O)NC(C)C1CCCO1. The van der Waals surface area contributed by atoms with Gasteiger partial charge in [-0.05, 0) is 32.3 Å². The van der Waals surface area contributed by atoms with Gasteiger partial charge in [-0.15, -0.1) is 0 Å². The van der Waals surface area contributed by atoms with Crippen LogP contribution in [0.3, 0.4) is 0 Å². The van der Waals surface area contributed by atoms with Gasteiger partial charge in [-0.2, -0.15) is 0 Å². The number of nitrogens with zero attached hydrogens (tertiary/aromatic N) is 1. The highest BCUT2D eigenvalue weighted by atomic mass is 32.2. The summed E-state index contributed by atoms with van der Waals surface area (Å²) in [7, 11) is -3.82. The molecule has 0 aromatic heterocycles. The molecule has 0 saturated carbocycles. The first-order valence-electron chi connectivity index (χ1n) is 6.70. The molecule has 1 N–H and O–H groups in total. The number of ether oxygens (including phenoxy) is 1. The largest absolute Gasteiger partial charge is 0.377 e. The fourth-order valence-corrected chi connectivity index (χ4v) is 3.91. The highest BCUT2D eigenvalue weighted by molar-refractivity contribution is 7.89. The lowest BCUT2D eigenvalue weighted by Crippen LogP contribution is -2.40. The van der Waals surface area contributed by atoms with E-state index in [1.165, 1.54) is 12.1 Å². The predicted octanol–water partition coefficient (Wildman–Crippen LogP) is 1.75. The van der Waals surface area contributed by atoms with Crippen molar-refractivity contribution in [1.29, 1.82) is 0 Å². The Morgan fingerprint density at radius 1 is 1.48 bits per heavy atom. The second kappa shape index (κ2) is 6.08. The van der Waals surface area contributed by atoms with Gasteiger partial charge in [-0.3, -0.25) is 10.1 Å². The van der Waals surface area contributed by atoms with Gasteiger partial charge in [0.25, 0.3) is 5.69 Å². The second-order valence-corrected chi connectivity index (χ2v) is 6.85. The van der Waals surface area contributed by atoms with Crippen molar-refractivity contribution in [3.63, 3.8) is 0 Å². The average Bonchev–Trinajstić information content (AvgIpc) is 2.92. The van der Waals surface area contributed by atoms with E-state index in [-0.39, 0.29) is 22.7 Å². The van der Waals surface area contributed by atoms with Gasteiger partial charge in [0.2, 0.25) is 10.0 Å². The fraction of sp³-hybridized carbons (Fsp3) is 0.538. The van der Waals surface area contributed by atoms with E-state index in [0.717, 1.165) is 18.9 Å². The molecule has 1 fully saturated rings. The molecule has 1 saturated heterocycles. The van der Waals surface area contributed by atoms with Gasteiger partial charge in [0.05, 0.1) is 15.9 Å². The summed E-state index contributed by atoms with van der Waals surface area (Å²) in [5, 5.41) is 10.8. The molecule has 7 nitrogen and oxygen atoms in total. The third-order valence-corrected chi connectivity index (χ3v) is 5.24. The minimum Gasteiger partial charge on any atom is -0.377 e. The second-order valence-electron chi connectivity index (χ2n) is 5.17. The first-order chi connectivity index (χ1) is 9.81. The van der Waals surface area contributed by atoms with Crippen LogP contribution in [-0.4, -0.2) is 32.1 Å². The van der Waals surface area contributed by atoms with Crippen molar-refractivity contribution in [3.05, 3.63) is 33.9 Å². The number of hydrogen-bond acceptors (Lipinski definition) is 5. The van der Waals surface area contributed by atoms with Gasteiger partial charge in [0.1, 0.15) is 0 Å². The topological polar surface area (TPSA) is 98.5 Å². The Balaban J connectivity index is 2.26. The van der Waals surface area contributed by atoms with E-state index in [0.29, 0.717) is 12.2 Å². The monoisotopic (exact) mass is 314 g/mol. The molecule has 1 aliphatic rings. The molecule has 8 heteroatoms. The standard InChI is InChI=1S/C13H18N2O5S/c1-9-5-6-11(15(16)17)8-13(9)21(18,19)14-10(2)12-4-3-7-20-12/h5-6,8,10,12,14H,3-4,7H2,1-2H3. The molecule has 116 valence electrons. The summed E-state index contributed by atoms with van der Waals surface area (Å²) >= 11 is 0. The number of benzene rings is 1. The van der Waals surface area contributed by atoms with Crippen LogP contribution in [0.2, 0.25) is 0 Å². The molecule has 2 unspecified atom stereocenters. The Kier molecular flexibility index (Phi) is 4.60. The number of rotatable bonds is 5. The Morgan fingerprint density at radius 3 is 2.76 bits per heavy atom. The Labute approximate surface area is 123 Å². The van der Waals surface area contributed by atoms with Crippen molar-refractivity contribution in [2.75, 3.05) is 6.61 Å². The molecule has 0 radical (unpaired) electrons. The minimum atomic E-state index is -3.82. The maximum atomic E-state index is 12.4. The molecule has 0 aliphatic carbocycles. The van der Waals surface area contributed by atoms with Gasteiger partial charge in [-0.25, -0.2) is 13.1 Å². The molecule has 0 bridgehead atoms. The maximum Gasteiger partial charge on any atom is 0.270 e. The molecule has 1 aromatic carbocycles. The Morgan fingerprint density at radius 2 is 2.19 bits per heavy atom. The van der Waals surface area contributed by atoms with E-state index in [9.17, 15) is 18.5 Å². The summed E-state index contributed by atoms with van der Waals surface area (Å²) in [5.74, 6) is 0. The summed E-state index contributed by atoms with van der Waals surface area (Å²) in [4.78, 5) is 10.1. The van der Waals surface area contributed by atoms with Gasteiger partial charge >= 0.3 is 0 Å². The van der Waals surface area contributed by atoms with Crippen molar-refractivity contribution in [2.24, 2.45) is 0 Å². The molecular formula is C13H18N2O5S. The zero-order valence-electron chi connectivity index (χ0n) is 11.9. The van der Waals surface area contributed by atoms with Gasteiger partial charge in [-0.1, -0.05) is 6.07 Å². The number of nitro groups is 1. The van der Waals surface area contributed by atoms with Crippen LogP contribution in [0.5, 0.6) is 0 Å². The lowest BCUT2D eigenvalue weighted by molar-refractivity contribution is -0.385. The summed E-state index contributed by atoms with van der Waals surface area (Å²) in [6.45, 7) is 3.97. The van der Waals surface area contributed by atoms with Crippen LogP contribution in [0.1, 0.15) is 25.3 Å². The van der Waals surface area contributed by atoms with E-state index in [2.05, 4.69) is 4.72 Å². The van der Waals surface area contributed by atoms with E-state index in [1.54, 1.807) is 13.8 Å². The first kappa shape index (κ1) is 15.9. The summed E-state index contributed by atoms with van der Waals surface area (Å²) in [6, 6.07) is 3.43. The average molecular weight is 314 g/mol. The molecule has 2 rings (SSSR count). The molecule has 1 aromatic rings. The van der Waals surface area contributed by atoms with E-state index >= 15 is 0 Å². The lowest BCUT2D eigenvalue weighted by Gasteiger charge is -2.20. The molecule has 21 heavy (non-hydrogen) atoms. The summed E-state index contributed by atoms with van der Waals surface area (Å²) < 4.78 is 32.8. The Hall–Kier alpha value is -1.51. The smallest absolute Gasteiger partial charge is 0.270 e. The van der Waals surface area contributed by atoms with Crippen LogP contribution in [0.15, 0.2) is 23.1 Å². The molecule has 2 atom stereocenters. The molecule has 1 aliphatic heterocycles. The van der Waals surface area contributed by atoms with Crippen molar-refractivity contribution in [1.82, 2.24) is 4.72 Å². The van der Waals surface area contributed by atoms with Crippen molar-refractivity contribution in [3.8, 4) is 0 Å². The zero-order chi connectivity index (χ0) is 15.6. The number of non-ortho nitro benzene ring substituents is 1. The Bertz CT molecular complexity index is 638. The van der Waals surface area contributed by atoms with Crippen LogP contribution in [0.4, 0.5) is 5.69 Å². The number of hydrogen-bond donors (Lipinski definition) is 1. The fourth-order valence-electron chi connectivity index (χ4n) is 2.37. The van der Waals surface area contributed by atoms with Gasteiger partial charge < -0.3 is 4.74 Å². The zero-order valence-corrected chi connectivity index (χ0v) is 12.7. The van der Waals surface area contributed by atoms with Crippen LogP contribution in [-0.2, 0) is 14.8 Å². The lowest BCUT2D eigenvalue weighted by atomic mass is 10.1. The normalized spacial score (nSPS) is 20.4. The van der Waals surface area contributed by atoms with Crippen molar-refractivity contribution < 1.29 is 18.1 Å². The van der Waals surface area contributed by atoms with Crippen LogP contribution in [0, 0.1) is 17.0 Å². The van der Waals surface area contributed by atoms with E-state index < -0.39 is 14.9 Å². The van der Waals surface area contributed by atoms with Crippen LogP contribution in [0.25, 0.3) is 0 Å².